The molecule has 0 aliphatic rings. The molecule has 2 aromatic heterocycles. The van der Waals surface area contributed by atoms with E-state index in [-0.39, 0.29) is 5.97 Å². The Hall–Kier alpha value is -1.13. The van der Waals surface area contributed by atoms with Gasteiger partial charge in [-0.1, -0.05) is 6.07 Å². The van der Waals surface area contributed by atoms with Gasteiger partial charge in [0, 0.05) is 4.88 Å². The molecule has 17 heavy (non-hydrogen) atoms. The van der Waals surface area contributed by atoms with E-state index in [2.05, 4.69) is 0 Å². The van der Waals surface area contributed by atoms with Crippen molar-refractivity contribution < 1.29 is 9.53 Å². The Labute approximate surface area is 109 Å². The van der Waals surface area contributed by atoms with Crippen LogP contribution in [0.25, 0.3) is 9.75 Å². The first-order valence-corrected chi connectivity index (χ1v) is 7.08. The average molecular weight is 266 g/mol. The summed E-state index contributed by atoms with van der Waals surface area (Å²) >= 11 is 3.20. The minimum atomic E-state index is -0.453. The molecule has 2 nitrogen and oxygen atoms in total. The van der Waals surface area contributed by atoms with Crippen LogP contribution in [0.3, 0.4) is 0 Å². The molecule has 0 aliphatic carbocycles. The molecule has 0 unspecified atom stereocenters. The van der Waals surface area contributed by atoms with Crippen LogP contribution >= 0.6 is 22.7 Å². The summed E-state index contributed by atoms with van der Waals surface area (Å²) < 4.78 is 5.39. The summed E-state index contributed by atoms with van der Waals surface area (Å²) in [6.07, 6.45) is 0. The second kappa shape index (κ2) is 4.63. The topological polar surface area (TPSA) is 26.3 Å². The monoisotopic (exact) mass is 266 g/mol. The van der Waals surface area contributed by atoms with Gasteiger partial charge >= 0.3 is 5.97 Å². The third kappa shape index (κ3) is 2.96. The average Bonchev–Trinajstić information content (AvgIpc) is 2.85. The second-order valence-corrected chi connectivity index (χ2v) is 6.51. The number of hydrogen-bond acceptors (Lipinski definition) is 4. The first-order valence-electron chi connectivity index (χ1n) is 5.32. The molecule has 0 atom stereocenters. The number of rotatable bonds is 2. The summed E-state index contributed by atoms with van der Waals surface area (Å²) in [5, 5.41) is 3.93. The van der Waals surface area contributed by atoms with Gasteiger partial charge in [-0.2, -0.15) is 0 Å². The van der Waals surface area contributed by atoms with E-state index in [4.69, 9.17) is 4.74 Å². The van der Waals surface area contributed by atoms with Crippen LogP contribution in [-0.4, -0.2) is 11.6 Å². The van der Waals surface area contributed by atoms with Crippen LogP contribution in [0.4, 0.5) is 0 Å². The van der Waals surface area contributed by atoms with Crippen molar-refractivity contribution in [1.29, 1.82) is 0 Å². The smallest absolute Gasteiger partial charge is 0.340 e. The Kier molecular flexibility index (Phi) is 3.35. The third-order valence-electron chi connectivity index (χ3n) is 2.03. The van der Waals surface area contributed by atoms with E-state index in [1.807, 2.05) is 49.7 Å². The van der Waals surface area contributed by atoms with Crippen LogP contribution in [0.1, 0.15) is 31.1 Å². The third-order valence-corrected chi connectivity index (χ3v) is 3.99. The van der Waals surface area contributed by atoms with E-state index in [0.717, 1.165) is 9.75 Å². The van der Waals surface area contributed by atoms with E-state index in [9.17, 15) is 4.79 Å². The van der Waals surface area contributed by atoms with Gasteiger partial charge in [0.1, 0.15) is 5.60 Å². The number of carbonyl (C=O) groups is 1. The summed E-state index contributed by atoms with van der Waals surface area (Å²) in [4.78, 5) is 14.1. The zero-order chi connectivity index (χ0) is 12.5. The van der Waals surface area contributed by atoms with E-state index < -0.39 is 5.60 Å². The first-order chi connectivity index (χ1) is 7.97. The lowest BCUT2D eigenvalue weighted by Gasteiger charge is -2.19. The molecule has 0 amide bonds. The van der Waals surface area contributed by atoms with Gasteiger partial charge in [-0.05, 0) is 43.7 Å². The summed E-state index contributed by atoms with van der Waals surface area (Å²) in [7, 11) is 0. The SMILES string of the molecule is CC(C)(C)OC(=O)c1ccsc1-c1cccs1. The van der Waals surface area contributed by atoms with Gasteiger partial charge < -0.3 is 4.74 Å². The van der Waals surface area contributed by atoms with Crippen LogP contribution in [-0.2, 0) is 4.74 Å². The lowest BCUT2D eigenvalue weighted by atomic mass is 10.2. The molecular weight excluding hydrogens is 252 g/mol. The highest BCUT2D eigenvalue weighted by Gasteiger charge is 2.21. The van der Waals surface area contributed by atoms with Gasteiger partial charge in [-0.3, -0.25) is 0 Å². The number of esters is 1. The minimum absolute atomic E-state index is 0.248. The van der Waals surface area contributed by atoms with E-state index in [0.29, 0.717) is 5.56 Å². The molecule has 0 spiro atoms. The molecule has 2 rings (SSSR count). The number of carbonyl (C=O) groups excluding carboxylic acids is 1. The van der Waals surface area contributed by atoms with Gasteiger partial charge in [0.2, 0.25) is 0 Å². The molecule has 0 fully saturated rings. The summed E-state index contributed by atoms with van der Waals surface area (Å²) in [5.41, 5.74) is 0.207. The highest BCUT2D eigenvalue weighted by Crippen LogP contribution is 2.33. The van der Waals surface area contributed by atoms with E-state index in [1.165, 1.54) is 0 Å². The Morgan fingerprint density at radius 3 is 2.53 bits per heavy atom. The lowest BCUT2D eigenvalue weighted by Crippen LogP contribution is -2.23. The fourth-order valence-corrected chi connectivity index (χ4v) is 3.17. The lowest BCUT2D eigenvalue weighted by molar-refractivity contribution is 0.00710. The highest BCUT2D eigenvalue weighted by atomic mass is 32.1. The van der Waals surface area contributed by atoms with Gasteiger partial charge in [0.25, 0.3) is 0 Å². The number of hydrogen-bond donors (Lipinski definition) is 0. The maximum absolute atomic E-state index is 12.0. The molecule has 0 N–H and O–H groups in total. The van der Waals surface area contributed by atoms with Crippen molar-refractivity contribution in [3.8, 4) is 9.75 Å². The molecule has 0 bridgehead atoms. The fourth-order valence-electron chi connectivity index (χ4n) is 1.40. The molecule has 90 valence electrons. The van der Waals surface area contributed by atoms with Crippen molar-refractivity contribution in [2.24, 2.45) is 0 Å². The van der Waals surface area contributed by atoms with Crippen molar-refractivity contribution >= 4 is 28.6 Å². The van der Waals surface area contributed by atoms with E-state index in [1.54, 1.807) is 22.7 Å². The van der Waals surface area contributed by atoms with Gasteiger partial charge in [0.05, 0.1) is 10.4 Å². The van der Waals surface area contributed by atoms with Crippen molar-refractivity contribution in [2.75, 3.05) is 0 Å². The maximum Gasteiger partial charge on any atom is 0.340 e. The summed E-state index contributed by atoms with van der Waals surface area (Å²) in [5.74, 6) is -0.248. The van der Waals surface area contributed by atoms with Crippen molar-refractivity contribution in [3.05, 3.63) is 34.5 Å². The molecule has 0 aromatic carbocycles. The maximum atomic E-state index is 12.0. The molecule has 0 saturated carbocycles. The number of ether oxygens (including phenoxy) is 1. The first kappa shape index (κ1) is 12.3. The van der Waals surface area contributed by atoms with Crippen molar-refractivity contribution in [1.82, 2.24) is 0 Å². The zero-order valence-electron chi connectivity index (χ0n) is 10.0. The highest BCUT2D eigenvalue weighted by molar-refractivity contribution is 7.20. The summed E-state index contributed by atoms with van der Waals surface area (Å²) in [6.45, 7) is 5.63. The van der Waals surface area contributed by atoms with Crippen LogP contribution in [0.2, 0.25) is 0 Å². The van der Waals surface area contributed by atoms with Crippen LogP contribution < -0.4 is 0 Å². The predicted octanol–water partition coefficient (Wildman–Crippen LogP) is 4.43. The molecular formula is C13H14O2S2. The molecule has 2 aromatic rings. The van der Waals surface area contributed by atoms with Crippen LogP contribution in [0.5, 0.6) is 0 Å². The van der Waals surface area contributed by atoms with Crippen LogP contribution in [0, 0.1) is 0 Å². The molecule has 4 heteroatoms. The van der Waals surface area contributed by atoms with Crippen LogP contribution in [0.15, 0.2) is 29.0 Å². The Morgan fingerprint density at radius 2 is 1.94 bits per heavy atom. The van der Waals surface area contributed by atoms with Gasteiger partial charge in [-0.25, -0.2) is 4.79 Å². The Balaban J connectivity index is 2.29. The molecule has 0 aliphatic heterocycles. The van der Waals surface area contributed by atoms with Crippen molar-refractivity contribution in [2.45, 2.75) is 26.4 Å². The van der Waals surface area contributed by atoms with Gasteiger partial charge in [0.15, 0.2) is 0 Å². The number of thiophene rings is 2. The molecule has 0 radical (unpaired) electrons. The second-order valence-electron chi connectivity index (χ2n) is 4.64. The zero-order valence-corrected chi connectivity index (χ0v) is 11.7. The van der Waals surface area contributed by atoms with Gasteiger partial charge in [-0.15, -0.1) is 22.7 Å². The Morgan fingerprint density at radius 1 is 1.18 bits per heavy atom. The quantitative estimate of drug-likeness (QED) is 0.751. The standard InChI is InChI=1S/C13H14O2S2/c1-13(2,3)15-12(14)9-6-8-17-11(9)10-5-4-7-16-10/h4-8H,1-3H3. The Bertz CT molecular complexity index is 504. The summed E-state index contributed by atoms with van der Waals surface area (Å²) in [6, 6.07) is 5.83. The predicted molar refractivity (Wildman–Crippen MR) is 72.8 cm³/mol. The van der Waals surface area contributed by atoms with Crippen molar-refractivity contribution in [3.63, 3.8) is 0 Å². The normalized spacial score (nSPS) is 11.5. The fraction of sp³-hybridized carbons (Fsp3) is 0.308. The largest absolute Gasteiger partial charge is 0.456 e. The minimum Gasteiger partial charge on any atom is -0.456 e. The molecule has 2 heterocycles. The molecule has 0 saturated heterocycles. The van der Waals surface area contributed by atoms with E-state index >= 15 is 0 Å².